The van der Waals surface area contributed by atoms with E-state index in [1.807, 2.05) is 12.1 Å². The number of benzene rings is 2. The number of ether oxygens (including phenoxy) is 3. The molecule has 0 atom stereocenters. The number of aliphatic carboxylic acids is 1. The Balaban J connectivity index is 1.98. The zero-order valence-corrected chi connectivity index (χ0v) is 14.5. The molecule has 0 unspecified atom stereocenters. The van der Waals surface area contributed by atoms with Crippen LogP contribution in [0.2, 0.25) is 0 Å². The Morgan fingerprint density at radius 1 is 1.12 bits per heavy atom. The number of hydrogen-bond donors (Lipinski definition) is 1. The van der Waals surface area contributed by atoms with E-state index in [4.69, 9.17) is 14.6 Å². The van der Waals surface area contributed by atoms with Crippen molar-refractivity contribution in [1.29, 1.82) is 0 Å². The van der Waals surface area contributed by atoms with Crippen LogP contribution >= 0.6 is 11.3 Å². The average Bonchev–Trinajstić information content (AvgIpc) is 3.04. The van der Waals surface area contributed by atoms with Crippen molar-refractivity contribution in [1.82, 2.24) is 4.98 Å². The monoisotopic (exact) mass is 381 g/mol. The van der Waals surface area contributed by atoms with Crippen LogP contribution in [-0.2, 0) is 4.79 Å². The van der Waals surface area contributed by atoms with Crippen LogP contribution < -0.4 is 14.2 Å². The van der Waals surface area contributed by atoms with E-state index < -0.39 is 12.1 Å². The van der Waals surface area contributed by atoms with E-state index in [9.17, 15) is 13.6 Å². The predicted molar refractivity (Wildman–Crippen MR) is 91.4 cm³/mol. The Bertz CT molecular complexity index is 973. The minimum atomic E-state index is -4.36. The summed E-state index contributed by atoms with van der Waals surface area (Å²) in [6.45, 7) is 0. The number of fused-ring (bicyclic) bond motifs is 1. The number of rotatable bonds is 6. The van der Waals surface area contributed by atoms with E-state index in [1.54, 1.807) is 13.2 Å². The Labute approximate surface area is 150 Å². The first-order valence-electron chi connectivity index (χ1n) is 7.27. The van der Waals surface area contributed by atoms with Gasteiger partial charge >= 0.3 is 12.1 Å². The van der Waals surface area contributed by atoms with Crippen molar-refractivity contribution >= 4 is 27.5 Å². The molecule has 0 saturated heterocycles. The van der Waals surface area contributed by atoms with Gasteiger partial charge in [-0.25, -0.2) is 9.78 Å². The van der Waals surface area contributed by atoms with Crippen LogP contribution in [0, 0.1) is 0 Å². The van der Waals surface area contributed by atoms with E-state index in [1.165, 1.54) is 36.6 Å². The SMILES string of the molecule is COc1ccc2nc(-c3ccc(OC(F)(F)C(=O)O)c(OC)c3)sc2c1. The molecule has 26 heavy (non-hydrogen) atoms. The van der Waals surface area contributed by atoms with Gasteiger partial charge in [0.2, 0.25) is 0 Å². The molecule has 0 aliphatic heterocycles. The Morgan fingerprint density at radius 3 is 2.54 bits per heavy atom. The molecule has 3 rings (SSSR count). The molecule has 0 spiro atoms. The molecule has 0 bridgehead atoms. The fourth-order valence-corrected chi connectivity index (χ4v) is 3.21. The van der Waals surface area contributed by atoms with Crippen LogP contribution in [0.3, 0.4) is 0 Å². The maximum Gasteiger partial charge on any atom is 0.502 e. The second kappa shape index (κ2) is 6.75. The highest BCUT2D eigenvalue weighted by atomic mass is 32.1. The Morgan fingerprint density at radius 2 is 1.88 bits per heavy atom. The van der Waals surface area contributed by atoms with Crippen LogP contribution in [0.4, 0.5) is 8.78 Å². The molecule has 0 aliphatic rings. The van der Waals surface area contributed by atoms with Gasteiger partial charge in [-0.1, -0.05) is 0 Å². The molecule has 2 aromatic carbocycles. The van der Waals surface area contributed by atoms with Gasteiger partial charge in [-0.2, -0.15) is 8.78 Å². The normalized spacial score (nSPS) is 11.4. The minimum Gasteiger partial charge on any atom is -0.497 e. The Kier molecular flexibility index (Phi) is 4.64. The fraction of sp³-hybridized carbons (Fsp3) is 0.176. The molecule has 0 saturated carbocycles. The van der Waals surface area contributed by atoms with Crippen molar-refractivity contribution in [3.8, 4) is 27.8 Å². The summed E-state index contributed by atoms with van der Waals surface area (Å²) in [7, 11) is 2.84. The third kappa shape index (κ3) is 3.38. The lowest BCUT2D eigenvalue weighted by molar-refractivity contribution is -0.211. The number of alkyl halides is 2. The van der Waals surface area contributed by atoms with Crippen molar-refractivity contribution in [2.45, 2.75) is 6.11 Å². The van der Waals surface area contributed by atoms with Gasteiger partial charge in [-0.05, 0) is 36.4 Å². The fourth-order valence-electron chi connectivity index (χ4n) is 2.22. The largest absolute Gasteiger partial charge is 0.502 e. The van der Waals surface area contributed by atoms with Crippen molar-refractivity contribution < 1.29 is 32.9 Å². The number of thiazole rings is 1. The quantitative estimate of drug-likeness (QED) is 0.694. The molecule has 1 N–H and O–H groups in total. The number of hydrogen-bond acceptors (Lipinski definition) is 6. The third-order valence-electron chi connectivity index (χ3n) is 3.49. The van der Waals surface area contributed by atoms with E-state index in [2.05, 4.69) is 9.72 Å². The lowest BCUT2D eigenvalue weighted by Crippen LogP contribution is -2.34. The maximum absolute atomic E-state index is 13.3. The van der Waals surface area contributed by atoms with Crippen LogP contribution in [-0.4, -0.2) is 36.4 Å². The summed E-state index contributed by atoms with van der Waals surface area (Å²) < 4.78 is 42.0. The summed E-state index contributed by atoms with van der Waals surface area (Å²) in [6.07, 6.45) is -4.36. The molecule has 1 aromatic heterocycles. The minimum absolute atomic E-state index is 0.0275. The number of carbonyl (C=O) groups is 1. The van der Waals surface area contributed by atoms with Crippen LogP contribution in [0.1, 0.15) is 0 Å². The second-order valence-electron chi connectivity index (χ2n) is 5.14. The number of carboxylic acid groups (broad SMARTS) is 1. The Hall–Kier alpha value is -2.94. The molecule has 136 valence electrons. The summed E-state index contributed by atoms with van der Waals surface area (Å²) >= 11 is 1.39. The first-order valence-corrected chi connectivity index (χ1v) is 8.09. The average molecular weight is 381 g/mol. The molecule has 0 amide bonds. The standard InChI is InChI=1S/C17H13F2NO5S/c1-23-10-4-5-11-14(8-10)26-15(20-11)9-3-6-12(13(7-9)24-2)25-17(18,19)16(21)22/h3-8H,1-2H3,(H,21,22). The molecule has 0 fully saturated rings. The van der Waals surface area contributed by atoms with Gasteiger partial charge in [0, 0.05) is 5.56 Å². The van der Waals surface area contributed by atoms with E-state index >= 15 is 0 Å². The molecular weight excluding hydrogens is 368 g/mol. The molecule has 6 nitrogen and oxygen atoms in total. The summed E-state index contributed by atoms with van der Waals surface area (Å²) in [5, 5.41) is 9.13. The van der Waals surface area contributed by atoms with Gasteiger partial charge in [0.25, 0.3) is 0 Å². The summed E-state index contributed by atoms with van der Waals surface area (Å²) in [5.74, 6) is -2.10. The van der Waals surface area contributed by atoms with Crippen LogP contribution in [0.25, 0.3) is 20.8 Å². The van der Waals surface area contributed by atoms with Crippen LogP contribution in [0.15, 0.2) is 36.4 Å². The molecule has 9 heteroatoms. The summed E-state index contributed by atoms with van der Waals surface area (Å²) in [5.41, 5.74) is 1.38. The van der Waals surface area contributed by atoms with Crippen molar-refractivity contribution in [3.05, 3.63) is 36.4 Å². The van der Waals surface area contributed by atoms with E-state index in [0.717, 1.165) is 10.2 Å². The lowest BCUT2D eigenvalue weighted by atomic mass is 10.2. The highest BCUT2D eigenvalue weighted by Crippen LogP contribution is 2.38. The maximum atomic E-state index is 13.3. The van der Waals surface area contributed by atoms with E-state index in [0.29, 0.717) is 16.3 Å². The predicted octanol–water partition coefficient (Wildman–Crippen LogP) is 4.04. The highest BCUT2D eigenvalue weighted by molar-refractivity contribution is 7.21. The molecule has 0 aliphatic carbocycles. The molecule has 3 aromatic rings. The van der Waals surface area contributed by atoms with Gasteiger partial charge in [0.1, 0.15) is 10.8 Å². The van der Waals surface area contributed by atoms with Gasteiger partial charge in [-0.3, -0.25) is 0 Å². The molecule has 0 radical (unpaired) electrons. The molecular formula is C17H13F2NO5S. The lowest BCUT2D eigenvalue weighted by Gasteiger charge is -2.16. The number of nitrogens with zero attached hydrogens (tertiary/aromatic N) is 1. The first kappa shape index (κ1) is 17.9. The number of carboxylic acids is 1. The highest BCUT2D eigenvalue weighted by Gasteiger charge is 2.43. The van der Waals surface area contributed by atoms with Gasteiger partial charge in [0.15, 0.2) is 11.5 Å². The van der Waals surface area contributed by atoms with Crippen molar-refractivity contribution in [2.24, 2.45) is 0 Å². The topological polar surface area (TPSA) is 77.9 Å². The molecule has 1 heterocycles. The smallest absolute Gasteiger partial charge is 0.497 e. The van der Waals surface area contributed by atoms with Crippen molar-refractivity contribution in [2.75, 3.05) is 14.2 Å². The number of methoxy groups -OCH3 is 2. The van der Waals surface area contributed by atoms with Gasteiger partial charge in [-0.15, -0.1) is 11.3 Å². The van der Waals surface area contributed by atoms with Crippen LogP contribution in [0.5, 0.6) is 17.2 Å². The van der Waals surface area contributed by atoms with Crippen molar-refractivity contribution in [3.63, 3.8) is 0 Å². The number of halogens is 2. The number of aromatic nitrogens is 1. The zero-order chi connectivity index (χ0) is 18.9. The zero-order valence-electron chi connectivity index (χ0n) is 13.7. The second-order valence-corrected chi connectivity index (χ2v) is 6.17. The summed E-state index contributed by atoms with van der Waals surface area (Å²) in [6, 6.07) is 9.64. The van der Waals surface area contributed by atoms with Gasteiger partial charge in [0.05, 0.1) is 24.4 Å². The van der Waals surface area contributed by atoms with Gasteiger partial charge < -0.3 is 19.3 Å². The van der Waals surface area contributed by atoms with E-state index in [-0.39, 0.29) is 11.5 Å². The third-order valence-corrected chi connectivity index (χ3v) is 4.56. The first-order chi connectivity index (χ1) is 12.3. The summed E-state index contributed by atoms with van der Waals surface area (Å²) in [4.78, 5) is 15.0.